The molecule has 1 heterocycles. The van der Waals surface area contributed by atoms with Crippen molar-refractivity contribution in [3.63, 3.8) is 0 Å². The van der Waals surface area contributed by atoms with Gasteiger partial charge in [0.15, 0.2) is 5.58 Å². The van der Waals surface area contributed by atoms with E-state index in [1.165, 1.54) is 4.57 Å². The topological polar surface area (TPSA) is 81.5 Å². The summed E-state index contributed by atoms with van der Waals surface area (Å²) in [6, 6.07) is 4.65. The molecule has 2 rings (SSSR count). The van der Waals surface area contributed by atoms with Crippen molar-refractivity contribution in [1.29, 1.82) is 0 Å². The smallest absolute Gasteiger partial charge is 0.408 e. The highest BCUT2D eigenvalue weighted by Crippen LogP contribution is 2.22. The molecule has 18 heavy (non-hydrogen) atoms. The first-order valence-electron chi connectivity index (χ1n) is 5.47. The van der Waals surface area contributed by atoms with Gasteiger partial charge in [-0.2, -0.15) is 0 Å². The zero-order valence-corrected chi connectivity index (χ0v) is 10.5. The molecule has 1 amide bonds. The van der Waals surface area contributed by atoms with Gasteiger partial charge in [0, 0.05) is 7.05 Å². The van der Waals surface area contributed by atoms with E-state index in [2.05, 4.69) is 0 Å². The Morgan fingerprint density at radius 1 is 1.44 bits per heavy atom. The van der Waals surface area contributed by atoms with Gasteiger partial charge in [0.25, 0.3) is 0 Å². The lowest BCUT2D eigenvalue weighted by Gasteiger charge is -2.21. The van der Waals surface area contributed by atoms with E-state index in [4.69, 9.17) is 10.2 Å². The van der Waals surface area contributed by atoms with Gasteiger partial charge >= 0.3 is 5.76 Å². The Morgan fingerprint density at radius 3 is 2.67 bits per heavy atom. The average Bonchev–Trinajstić information content (AvgIpc) is 2.53. The van der Waals surface area contributed by atoms with Crippen LogP contribution >= 0.6 is 0 Å². The minimum Gasteiger partial charge on any atom is -0.408 e. The Hall–Kier alpha value is -2.08. The number of benzene rings is 1. The molecule has 0 bridgehead atoms. The maximum Gasteiger partial charge on any atom is 0.419 e. The van der Waals surface area contributed by atoms with Gasteiger partial charge in [-0.05, 0) is 31.8 Å². The van der Waals surface area contributed by atoms with Crippen molar-refractivity contribution < 1.29 is 9.21 Å². The largest absolute Gasteiger partial charge is 0.419 e. The van der Waals surface area contributed by atoms with Gasteiger partial charge in [-0.1, -0.05) is 6.07 Å². The van der Waals surface area contributed by atoms with Crippen LogP contribution in [0.4, 0.5) is 0 Å². The number of primary amides is 1. The molecule has 2 N–H and O–H groups in total. The molecule has 0 aliphatic rings. The highest BCUT2D eigenvalue weighted by atomic mass is 16.4. The number of oxazole rings is 1. The molecule has 2 aromatic rings. The van der Waals surface area contributed by atoms with Crippen LogP contribution in [-0.4, -0.2) is 29.5 Å². The van der Waals surface area contributed by atoms with Gasteiger partial charge in [0.1, 0.15) is 6.04 Å². The van der Waals surface area contributed by atoms with E-state index >= 15 is 0 Å². The number of carbonyl (C=O) groups is 1. The summed E-state index contributed by atoms with van der Waals surface area (Å²) in [5.41, 5.74) is 7.21. The third-order valence-corrected chi connectivity index (χ3v) is 2.92. The lowest BCUT2D eigenvalue weighted by Crippen LogP contribution is -2.32. The summed E-state index contributed by atoms with van der Waals surface area (Å²) in [5, 5.41) is 0. The predicted octanol–water partition coefficient (Wildman–Crippen LogP) is 0.220. The molecule has 96 valence electrons. The fourth-order valence-electron chi connectivity index (χ4n) is 2.04. The second-order valence-electron chi connectivity index (χ2n) is 4.42. The second-order valence-corrected chi connectivity index (χ2v) is 4.42. The Labute approximate surface area is 104 Å². The molecular weight excluding hydrogens is 234 g/mol. The number of likely N-dealkylation sites (N-methyl/N-ethyl adjacent to an activating group) is 1. The van der Waals surface area contributed by atoms with Crippen LogP contribution < -0.4 is 11.5 Å². The normalized spacial score (nSPS) is 13.1. The number of aryl methyl sites for hydroxylation is 1. The summed E-state index contributed by atoms with van der Waals surface area (Å²) in [6.07, 6.45) is 0. The summed E-state index contributed by atoms with van der Waals surface area (Å²) >= 11 is 0. The monoisotopic (exact) mass is 249 g/mol. The first-order chi connectivity index (χ1) is 8.41. The van der Waals surface area contributed by atoms with Crippen molar-refractivity contribution in [1.82, 2.24) is 9.47 Å². The maximum absolute atomic E-state index is 11.4. The molecular formula is C12H15N3O3. The minimum absolute atomic E-state index is 0.428. The van der Waals surface area contributed by atoms with Crippen LogP contribution in [0.2, 0.25) is 0 Å². The summed E-state index contributed by atoms with van der Waals surface area (Å²) in [7, 11) is 5.16. The quantitative estimate of drug-likeness (QED) is 0.843. The molecule has 1 aromatic heterocycles. The van der Waals surface area contributed by atoms with E-state index in [0.717, 1.165) is 0 Å². The Balaban J connectivity index is 2.59. The van der Waals surface area contributed by atoms with Crippen LogP contribution in [0.1, 0.15) is 11.6 Å². The van der Waals surface area contributed by atoms with Gasteiger partial charge in [0.05, 0.1) is 5.52 Å². The maximum atomic E-state index is 11.4. The fraction of sp³-hybridized carbons (Fsp3) is 0.333. The number of carbonyl (C=O) groups excluding carboxylic acids is 1. The van der Waals surface area contributed by atoms with Gasteiger partial charge in [-0.3, -0.25) is 14.3 Å². The molecule has 6 heteroatoms. The molecule has 1 atom stereocenters. The van der Waals surface area contributed by atoms with Crippen molar-refractivity contribution >= 4 is 17.0 Å². The molecule has 0 saturated heterocycles. The summed E-state index contributed by atoms with van der Waals surface area (Å²) in [5.74, 6) is -0.875. The van der Waals surface area contributed by atoms with E-state index in [0.29, 0.717) is 16.7 Å². The zero-order valence-electron chi connectivity index (χ0n) is 10.5. The Bertz CT molecular complexity index is 654. The van der Waals surface area contributed by atoms with Gasteiger partial charge < -0.3 is 10.2 Å². The van der Waals surface area contributed by atoms with Crippen LogP contribution in [0.25, 0.3) is 11.1 Å². The van der Waals surface area contributed by atoms with Crippen molar-refractivity contribution in [2.45, 2.75) is 6.04 Å². The van der Waals surface area contributed by atoms with Crippen molar-refractivity contribution in [2.75, 3.05) is 14.1 Å². The number of rotatable bonds is 3. The third-order valence-electron chi connectivity index (χ3n) is 2.92. The van der Waals surface area contributed by atoms with Gasteiger partial charge in [0.2, 0.25) is 5.91 Å². The Kier molecular flexibility index (Phi) is 2.96. The molecule has 0 aliphatic heterocycles. The first kappa shape index (κ1) is 12.4. The number of amides is 1. The standard InChI is InChI=1S/C12H15N3O3/c1-14(2)10(11(13)16)7-4-5-8-9(6-7)18-12(17)15(8)3/h4-6,10H,1-3H3,(H2,13,16). The van der Waals surface area contributed by atoms with Crippen LogP contribution in [0.15, 0.2) is 27.4 Å². The predicted molar refractivity (Wildman–Crippen MR) is 67.1 cm³/mol. The summed E-state index contributed by atoms with van der Waals surface area (Å²) in [6.45, 7) is 0. The van der Waals surface area contributed by atoms with Crippen LogP contribution in [0.5, 0.6) is 0 Å². The molecule has 0 saturated carbocycles. The highest BCUT2D eigenvalue weighted by Gasteiger charge is 2.21. The SMILES string of the molecule is CN(C)C(C(N)=O)c1ccc2c(c1)oc(=O)n2C. The third kappa shape index (κ3) is 1.91. The number of fused-ring (bicyclic) bond motifs is 1. The summed E-state index contributed by atoms with van der Waals surface area (Å²) in [4.78, 5) is 24.5. The van der Waals surface area contributed by atoms with Gasteiger partial charge in [-0.15, -0.1) is 0 Å². The number of aromatic nitrogens is 1. The first-order valence-corrected chi connectivity index (χ1v) is 5.47. The Morgan fingerprint density at radius 2 is 2.11 bits per heavy atom. The molecule has 6 nitrogen and oxygen atoms in total. The highest BCUT2D eigenvalue weighted by molar-refractivity contribution is 5.83. The number of hydrogen-bond acceptors (Lipinski definition) is 4. The zero-order chi connectivity index (χ0) is 13.4. The number of nitrogens with zero attached hydrogens (tertiary/aromatic N) is 2. The van der Waals surface area contributed by atoms with Crippen molar-refractivity contribution in [2.24, 2.45) is 12.8 Å². The molecule has 0 aliphatic carbocycles. The van der Waals surface area contributed by atoms with Gasteiger partial charge in [-0.25, -0.2) is 4.79 Å². The summed E-state index contributed by atoms with van der Waals surface area (Å²) < 4.78 is 6.50. The minimum atomic E-state index is -0.542. The van der Waals surface area contributed by atoms with Crippen LogP contribution in [-0.2, 0) is 11.8 Å². The van der Waals surface area contributed by atoms with E-state index in [1.807, 2.05) is 0 Å². The average molecular weight is 249 g/mol. The van der Waals surface area contributed by atoms with E-state index in [9.17, 15) is 9.59 Å². The van der Waals surface area contributed by atoms with Crippen LogP contribution in [0, 0.1) is 0 Å². The number of nitrogens with two attached hydrogens (primary N) is 1. The molecule has 1 aromatic carbocycles. The van der Waals surface area contributed by atoms with E-state index in [1.54, 1.807) is 44.2 Å². The fourth-order valence-corrected chi connectivity index (χ4v) is 2.04. The number of hydrogen-bond donors (Lipinski definition) is 1. The van der Waals surface area contributed by atoms with Crippen molar-refractivity contribution in [3.05, 3.63) is 34.3 Å². The molecule has 0 spiro atoms. The van der Waals surface area contributed by atoms with Crippen molar-refractivity contribution in [3.8, 4) is 0 Å². The molecule has 1 unspecified atom stereocenters. The second kappa shape index (κ2) is 4.30. The van der Waals surface area contributed by atoms with Crippen LogP contribution in [0.3, 0.4) is 0 Å². The molecule has 0 fully saturated rings. The lowest BCUT2D eigenvalue weighted by atomic mass is 10.1. The van der Waals surface area contributed by atoms with E-state index < -0.39 is 17.7 Å². The molecule has 0 radical (unpaired) electrons. The van der Waals surface area contributed by atoms with E-state index in [-0.39, 0.29) is 0 Å². The lowest BCUT2D eigenvalue weighted by molar-refractivity contribution is -0.122.